The molecule has 2 heterocycles. The molecule has 0 N–H and O–H groups in total. The molecule has 0 bridgehead atoms. The minimum Gasteiger partial charge on any atom is -0.338 e. The van der Waals surface area contributed by atoms with Gasteiger partial charge in [0.05, 0.1) is 11.4 Å². The summed E-state index contributed by atoms with van der Waals surface area (Å²) < 4.78 is 5.34. The fourth-order valence-electron chi connectivity index (χ4n) is 2.52. The van der Waals surface area contributed by atoms with Gasteiger partial charge in [0, 0.05) is 16.1 Å². The second-order valence-electron chi connectivity index (χ2n) is 5.93. The molecule has 0 spiro atoms. The predicted octanol–water partition coefficient (Wildman–Crippen LogP) is 5.45. The fourth-order valence-corrected chi connectivity index (χ4v) is 3.30. The molecule has 4 rings (SSSR count). The van der Waals surface area contributed by atoms with E-state index in [1.54, 1.807) is 0 Å². The number of thioether (sulfide) groups is 1. The van der Waals surface area contributed by atoms with Gasteiger partial charge in [0.15, 0.2) is 0 Å². The van der Waals surface area contributed by atoms with Gasteiger partial charge in [0.1, 0.15) is 5.03 Å². The number of benzene rings is 2. The maximum atomic E-state index is 5.91. The van der Waals surface area contributed by atoms with E-state index in [4.69, 9.17) is 16.1 Å². The van der Waals surface area contributed by atoms with Crippen molar-refractivity contribution in [3.8, 4) is 22.6 Å². The number of hydrogen-bond acceptors (Lipinski definition) is 6. The zero-order valence-electron chi connectivity index (χ0n) is 14.5. The van der Waals surface area contributed by atoms with Crippen LogP contribution in [0.15, 0.2) is 70.2 Å². The first-order valence-electron chi connectivity index (χ1n) is 8.29. The quantitative estimate of drug-likeness (QED) is 0.419. The Morgan fingerprint density at radius 2 is 1.81 bits per heavy atom. The van der Waals surface area contributed by atoms with E-state index in [-0.39, 0.29) is 0 Å². The van der Waals surface area contributed by atoms with E-state index in [2.05, 4.69) is 20.3 Å². The molecule has 0 aliphatic heterocycles. The van der Waals surface area contributed by atoms with E-state index < -0.39 is 0 Å². The SMILES string of the molecule is Cc1cccc(-c2noc(CSc3ccc(-c4ccc(Cl)cc4)nn3)n2)c1. The Morgan fingerprint density at radius 3 is 2.56 bits per heavy atom. The van der Waals surface area contributed by atoms with Crippen LogP contribution in [-0.2, 0) is 5.75 Å². The monoisotopic (exact) mass is 394 g/mol. The molecule has 4 aromatic rings. The normalized spacial score (nSPS) is 10.9. The van der Waals surface area contributed by atoms with Gasteiger partial charge in [-0.05, 0) is 37.3 Å². The molecular formula is C20H15ClN4OS. The van der Waals surface area contributed by atoms with Gasteiger partial charge in [-0.3, -0.25) is 0 Å². The van der Waals surface area contributed by atoms with Crippen LogP contribution in [0.1, 0.15) is 11.5 Å². The molecule has 0 amide bonds. The van der Waals surface area contributed by atoms with Crippen LogP contribution in [0.4, 0.5) is 0 Å². The van der Waals surface area contributed by atoms with Crippen LogP contribution in [0.3, 0.4) is 0 Å². The summed E-state index contributed by atoms with van der Waals surface area (Å²) in [5.41, 5.74) is 3.88. The summed E-state index contributed by atoms with van der Waals surface area (Å²) in [5.74, 6) is 1.69. The summed E-state index contributed by atoms with van der Waals surface area (Å²) in [5, 5.41) is 14.1. The Hall–Kier alpha value is -2.70. The predicted molar refractivity (Wildman–Crippen MR) is 107 cm³/mol. The van der Waals surface area contributed by atoms with Crippen molar-refractivity contribution in [2.45, 2.75) is 17.7 Å². The Kier molecular flexibility index (Phi) is 5.18. The number of halogens is 1. The average molecular weight is 395 g/mol. The van der Waals surface area contributed by atoms with E-state index in [0.717, 1.165) is 27.4 Å². The van der Waals surface area contributed by atoms with Crippen molar-refractivity contribution in [2.75, 3.05) is 0 Å². The molecule has 0 saturated carbocycles. The van der Waals surface area contributed by atoms with Gasteiger partial charge in [-0.25, -0.2) is 0 Å². The topological polar surface area (TPSA) is 64.7 Å². The zero-order valence-corrected chi connectivity index (χ0v) is 16.0. The third-order valence-corrected chi connectivity index (χ3v) is 5.02. The number of aryl methyl sites for hydroxylation is 1. The summed E-state index contributed by atoms with van der Waals surface area (Å²) in [6, 6.07) is 19.4. The van der Waals surface area contributed by atoms with Crippen molar-refractivity contribution in [1.29, 1.82) is 0 Å². The first-order chi connectivity index (χ1) is 13.2. The van der Waals surface area contributed by atoms with Gasteiger partial charge < -0.3 is 4.52 Å². The smallest absolute Gasteiger partial charge is 0.237 e. The Balaban J connectivity index is 1.41. The molecule has 2 aromatic heterocycles. The molecule has 0 aliphatic carbocycles. The van der Waals surface area contributed by atoms with Crippen LogP contribution >= 0.6 is 23.4 Å². The molecule has 0 saturated heterocycles. The summed E-state index contributed by atoms with van der Waals surface area (Å²) in [6.07, 6.45) is 0. The van der Waals surface area contributed by atoms with Crippen LogP contribution in [-0.4, -0.2) is 20.3 Å². The van der Waals surface area contributed by atoms with Gasteiger partial charge in [-0.1, -0.05) is 64.4 Å². The maximum absolute atomic E-state index is 5.91. The second kappa shape index (κ2) is 7.90. The fraction of sp³-hybridized carbons (Fsp3) is 0.100. The molecular weight excluding hydrogens is 380 g/mol. The molecule has 0 unspecified atom stereocenters. The van der Waals surface area contributed by atoms with E-state index in [0.29, 0.717) is 22.5 Å². The molecule has 2 aromatic carbocycles. The molecule has 134 valence electrons. The molecule has 0 aliphatic rings. The first-order valence-corrected chi connectivity index (χ1v) is 9.66. The van der Waals surface area contributed by atoms with Crippen molar-refractivity contribution in [2.24, 2.45) is 0 Å². The molecule has 0 fully saturated rings. The third-order valence-electron chi connectivity index (χ3n) is 3.87. The Labute approximate surface area is 165 Å². The van der Waals surface area contributed by atoms with Crippen LogP contribution in [0, 0.1) is 6.92 Å². The number of hydrogen-bond donors (Lipinski definition) is 0. The number of rotatable bonds is 5. The second-order valence-corrected chi connectivity index (χ2v) is 7.37. The van der Waals surface area contributed by atoms with Gasteiger partial charge in [0.25, 0.3) is 0 Å². The molecule has 5 nitrogen and oxygen atoms in total. The van der Waals surface area contributed by atoms with Crippen LogP contribution in [0.25, 0.3) is 22.6 Å². The van der Waals surface area contributed by atoms with Crippen LogP contribution < -0.4 is 0 Å². The van der Waals surface area contributed by atoms with Crippen molar-refractivity contribution >= 4 is 23.4 Å². The molecule has 0 radical (unpaired) electrons. The summed E-state index contributed by atoms with van der Waals surface area (Å²) in [4.78, 5) is 4.45. The van der Waals surface area contributed by atoms with Crippen LogP contribution in [0.2, 0.25) is 5.02 Å². The van der Waals surface area contributed by atoms with Gasteiger partial charge in [-0.2, -0.15) is 4.98 Å². The molecule has 27 heavy (non-hydrogen) atoms. The Bertz CT molecular complexity index is 1050. The van der Waals surface area contributed by atoms with Crippen molar-refractivity contribution in [3.63, 3.8) is 0 Å². The minimum absolute atomic E-state index is 0.536. The standard InChI is InChI=1S/C20H15ClN4OS/c1-13-3-2-4-15(11-13)20-22-18(26-25-20)12-27-19-10-9-17(23-24-19)14-5-7-16(21)8-6-14/h2-11H,12H2,1H3. The third kappa shape index (κ3) is 4.35. The van der Waals surface area contributed by atoms with Crippen molar-refractivity contribution in [1.82, 2.24) is 20.3 Å². The van der Waals surface area contributed by atoms with Crippen molar-refractivity contribution in [3.05, 3.63) is 77.1 Å². The lowest BCUT2D eigenvalue weighted by Crippen LogP contribution is -1.90. The molecule has 0 atom stereocenters. The van der Waals surface area contributed by atoms with E-state index >= 15 is 0 Å². The van der Waals surface area contributed by atoms with E-state index in [9.17, 15) is 0 Å². The van der Waals surface area contributed by atoms with E-state index in [1.165, 1.54) is 11.8 Å². The van der Waals surface area contributed by atoms with Crippen molar-refractivity contribution < 1.29 is 4.52 Å². The largest absolute Gasteiger partial charge is 0.338 e. The first kappa shape index (κ1) is 17.7. The number of nitrogens with zero attached hydrogens (tertiary/aromatic N) is 4. The highest BCUT2D eigenvalue weighted by molar-refractivity contribution is 7.98. The highest BCUT2D eigenvalue weighted by atomic mass is 35.5. The lowest BCUT2D eigenvalue weighted by molar-refractivity contribution is 0.391. The van der Waals surface area contributed by atoms with Gasteiger partial charge >= 0.3 is 0 Å². The minimum atomic E-state index is 0.536. The molecule has 7 heteroatoms. The van der Waals surface area contributed by atoms with Crippen LogP contribution in [0.5, 0.6) is 0 Å². The lowest BCUT2D eigenvalue weighted by atomic mass is 10.1. The highest BCUT2D eigenvalue weighted by Gasteiger charge is 2.10. The summed E-state index contributed by atoms with van der Waals surface area (Å²) >= 11 is 7.41. The Morgan fingerprint density at radius 1 is 0.963 bits per heavy atom. The summed E-state index contributed by atoms with van der Waals surface area (Å²) in [6.45, 7) is 2.03. The number of aromatic nitrogens is 4. The summed E-state index contributed by atoms with van der Waals surface area (Å²) in [7, 11) is 0. The average Bonchev–Trinajstić information content (AvgIpc) is 3.17. The van der Waals surface area contributed by atoms with Gasteiger partial charge in [-0.15, -0.1) is 10.2 Å². The zero-order chi connectivity index (χ0) is 18.6. The van der Waals surface area contributed by atoms with Gasteiger partial charge in [0.2, 0.25) is 11.7 Å². The highest BCUT2D eigenvalue weighted by Crippen LogP contribution is 2.24. The van der Waals surface area contributed by atoms with E-state index in [1.807, 2.05) is 67.6 Å². The maximum Gasteiger partial charge on any atom is 0.237 e. The lowest BCUT2D eigenvalue weighted by Gasteiger charge is -2.01.